The van der Waals surface area contributed by atoms with E-state index in [0.717, 1.165) is 32.4 Å². The number of fused-ring (bicyclic) bond motifs is 3. The van der Waals surface area contributed by atoms with Gasteiger partial charge in [-0.3, -0.25) is 9.69 Å². The molecule has 3 unspecified atom stereocenters. The summed E-state index contributed by atoms with van der Waals surface area (Å²) in [5.74, 6) is 0.445. The molecule has 0 spiro atoms. The van der Waals surface area contributed by atoms with Crippen LogP contribution < -0.4 is 9.64 Å². The molecule has 0 radical (unpaired) electrons. The number of benzene rings is 1. The summed E-state index contributed by atoms with van der Waals surface area (Å²) in [7, 11) is 0. The monoisotopic (exact) mass is 404 g/mol. The second-order valence-electron chi connectivity index (χ2n) is 8.91. The van der Waals surface area contributed by atoms with Crippen LogP contribution in [0.15, 0.2) is 18.2 Å². The molecule has 5 nitrogen and oxygen atoms in total. The van der Waals surface area contributed by atoms with Crippen LogP contribution in [0, 0.1) is 11.7 Å². The molecule has 4 atom stereocenters. The molecular weight excluding hydrogens is 371 g/mol. The van der Waals surface area contributed by atoms with E-state index < -0.39 is 0 Å². The van der Waals surface area contributed by atoms with E-state index in [2.05, 4.69) is 18.7 Å². The van der Waals surface area contributed by atoms with E-state index >= 15 is 0 Å². The van der Waals surface area contributed by atoms with Gasteiger partial charge in [0.25, 0.3) is 5.91 Å². The van der Waals surface area contributed by atoms with Gasteiger partial charge in [0, 0.05) is 37.8 Å². The van der Waals surface area contributed by atoms with Gasteiger partial charge in [-0.1, -0.05) is 20.3 Å². The number of hydrogen-bond acceptors (Lipinski definition) is 4. The van der Waals surface area contributed by atoms with E-state index in [1.54, 1.807) is 11.0 Å². The molecule has 160 valence electrons. The Balaban J connectivity index is 1.36. The predicted octanol–water partition coefficient (Wildman–Crippen LogP) is 4.00. The van der Waals surface area contributed by atoms with Crippen molar-refractivity contribution in [3.8, 4) is 5.75 Å². The fourth-order valence-electron chi connectivity index (χ4n) is 5.16. The first-order chi connectivity index (χ1) is 14.0. The molecule has 6 heteroatoms. The van der Waals surface area contributed by atoms with Crippen molar-refractivity contribution < 1.29 is 18.7 Å². The van der Waals surface area contributed by atoms with Crippen LogP contribution in [-0.2, 0) is 9.53 Å². The zero-order valence-corrected chi connectivity index (χ0v) is 17.6. The van der Waals surface area contributed by atoms with Gasteiger partial charge in [0.2, 0.25) is 0 Å². The highest BCUT2D eigenvalue weighted by Gasteiger charge is 2.41. The highest BCUT2D eigenvalue weighted by atomic mass is 19.1. The van der Waals surface area contributed by atoms with Gasteiger partial charge >= 0.3 is 0 Å². The topological polar surface area (TPSA) is 42.0 Å². The van der Waals surface area contributed by atoms with Crippen LogP contribution >= 0.6 is 0 Å². The number of anilines is 1. The standard InChI is InChI=1S/C23H33FN2O3/c1-3-4-9-28-20-11-18-6-7-19(12-20)25(18)13-16(2)14-26-21-10-17(24)5-8-22(21)29-15-23(26)27/h5,8,10,16,18-20H,3-4,6-7,9,11-15H2,1-2H3/t16?,18-,19?,20?/m1/s1. The van der Waals surface area contributed by atoms with Gasteiger partial charge in [0.1, 0.15) is 11.6 Å². The first-order valence-electron chi connectivity index (χ1n) is 11.1. The summed E-state index contributed by atoms with van der Waals surface area (Å²) >= 11 is 0. The van der Waals surface area contributed by atoms with Gasteiger partial charge in [-0.2, -0.15) is 0 Å². The molecule has 3 heterocycles. The number of carbonyl (C=O) groups excluding carboxylic acids is 1. The van der Waals surface area contributed by atoms with Gasteiger partial charge in [-0.25, -0.2) is 4.39 Å². The maximum Gasteiger partial charge on any atom is 0.265 e. The van der Waals surface area contributed by atoms with Crippen molar-refractivity contribution in [3.05, 3.63) is 24.0 Å². The molecular formula is C23H33FN2O3. The van der Waals surface area contributed by atoms with Crippen molar-refractivity contribution in [2.45, 2.75) is 70.6 Å². The maximum atomic E-state index is 13.8. The van der Waals surface area contributed by atoms with Crippen molar-refractivity contribution in [1.29, 1.82) is 0 Å². The lowest BCUT2D eigenvalue weighted by Crippen LogP contribution is -2.49. The molecule has 0 aromatic heterocycles. The van der Waals surface area contributed by atoms with Crippen LogP contribution in [0.2, 0.25) is 0 Å². The minimum absolute atomic E-state index is 0.0249. The number of nitrogens with zero attached hydrogens (tertiary/aromatic N) is 2. The average Bonchev–Trinajstić information content (AvgIpc) is 2.92. The van der Waals surface area contributed by atoms with E-state index in [-0.39, 0.29) is 18.3 Å². The van der Waals surface area contributed by atoms with Gasteiger partial charge in [-0.05, 0) is 50.2 Å². The molecule has 0 N–H and O–H groups in total. The summed E-state index contributed by atoms with van der Waals surface area (Å²) in [6.45, 7) is 6.84. The van der Waals surface area contributed by atoms with Crippen LogP contribution in [0.25, 0.3) is 0 Å². The first-order valence-corrected chi connectivity index (χ1v) is 11.1. The molecule has 2 bridgehead atoms. The number of halogens is 1. The van der Waals surface area contributed by atoms with E-state index in [0.29, 0.717) is 42.1 Å². The molecule has 1 aromatic carbocycles. The number of carbonyl (C=O) groups is 1. The van der Waals surface area contributed by atoms with E-state index in [4.69, 9.17) is 9.47 Å². The summed E-state index contributed by atoms with van der Waals surface area (Å²) in [6, 6.07) is 5.57. The zero-order chi connectivity index (χ0) is 20.4. The second-order valence-corrected chi connectivity index (χ2v) is 8.91. The zero-order valence-electron chi connectivity index (χ0n) is 17.6. The summed E-state index contributed by atoms with van der Waals surface area (Å²) in [6.07, 6.45) is 7.46. The number of unbranched alkanes of at least 4 members (excludes halogenated alkanes) is 1. The highest BCUT2D eigenvalue weighted by molar-refractivity contribution is 5.97. The third-order valence-electron chi connectivity index (χ3n) is 6.57. The highest BCUT2D eigenvalue weighted by Crippen LogP contribution is 2.38. The Hall–Kier alpha value is -1.66. The van der Waals surface area contributed by atoms with Crippen LogP contribution in [0.1, 0.15) is 52.4 Å². The Bertz CT molecular complexity index is 714. The first kappa shape index (κ1) is 20.6. The Kier molecular flexibility index (Phi) is 6.40. The third kappa shape index (κ3) is 4.58. The quantitative estimate of drug-likeness (QED) is 0.614. The maximum absolute atomic E-state index is 13.8. The molecule has 0 aliphatic carbocycles. The summed E-state index contributed by atoms with van der Waals surface area (Å²) in [4.78, 5) is 16.8. The van der Waals surface area contributed by atoms with E-state index in [9.17, 15) is 9.18 Å². The Morgan fingerprint density at radius 3 is 2.72 bits per heavy atom. The largest absolute Gasteiger partial charge is 0.482 e. The summed E-state index contributed by atoms with van der Waals surface area (Å²) in [5.41, 5.74) is 0.555. The van der Waals surface area contributed by atoms with Crippen molar-refractivity contribution in [1.82, 2.24) is 4.90 Å². The van der Waals surface area contributed by atoms with Gasteiger partial charge < -0.3 is 14.4 Å². The molecule has 3 aliphatic rings. The van der Waals surface area contributed by atoms with Crippen molar-refractivity contribution in [2.24, 2.45) is 5.92 Å². The predicted molar refractivity (Wildman–Crippen MR) is 111 cm³/mol. The number of hydrogen-bond donors (Lipinski definition) is 0. The normalized spacial score (nSPS) is 27.6. The lowest BCUT2D eigenvalue weighted by atomic mass is 9.97. The minimum Gasteiger partial charge on any atom is -0.482 e. The van der Waals surface area contributed by atoms with Crippen molar-refractivity contribution in [3.63, 3.8) is 0 Å². The lowest BCUT2D eigenvalue weighted by molar-refractivity contribution is -0.121. The number of rotatable bonds is 8. The Labute approximate surface area is 173 Å². The molecule has 2 fully saturated rings. The summed E-state index contributed by atoms with van der Waals surface area (Å²) in [5, 5.41) is 0. The molecule has 0 saturated carbocycles. The van der Waals surface area contributed by atoms with Gasteiger partial charge in [-0.15, -0.1) is 0 Å². The fraction of sp³-hybridized carbons (Fsp3) is 0.696. The number of piperidine rings is 1. The Morgan fingerprint density at radius 2 is 2.00 bits per heavy atom. The molecule has 4 rings (SSSR count). The summed E-state index contributed by atoms with van der Waals surface area (Å²) < 4.78 is 25.3. The molecule has 29 heavy (non-hydrogen) atoms. The van der Waals surface area contributed by atoms with Crippen LogP contribution in [-0.4, -0.2) is 55.3 Å². The molecule has 1 aromatic rings. The second kappa shape index (κ2) is 9.00. The molecule has 2 saturated heterocycles. The van der Waals surface area contributed by atoms with Crippen LogP contribution in [0.3, 0.4) is 0 Å². The van der Waals surface area contributed by atoms with Crippen molar-refractivity contribution >= 4 is 11.6 Å². The average molecular weight is 405 g/mol. The van der Waals surface area contributed by atoms with E-state index in [1.165, 1.54) is 31.4 Å². The van der Waals surface area contributed by atoms with Crippen LogP contribution in [0.4, 0.5) is 10.1 Å². The number of ether oxygens (including phenoxy) is 2. The lowest BCUT2D eigenvalue weighted by Gasteiger charge is -2.41. The Morgan fingerprint density at radius 1 is 1.24 bits per heavy atom. The van der Waals surface area contributed by atoms with Gasteiger partial charge in [0.05, 0.1) is 11.8 Å². The molecule has 1 amide bonds. The van der Waals surface area contributed by atoms with Crippen molar-refractivity contribution in [2.75, 3.05) is 31.2 Å². The SMILES string of the molecule is CCCCOC1CC2CC[C@H](C1)N2CC(C)CN1C(=O)COc2ccc(F)cc21. The van der Waals surface area contributed by atoms with E-state index in [1.807, 2.05) is 0 Å². The van der Waals surface area contributed by atoms with Gasteiger partial charge in [0.15, 0.2) is 6.61 Å². The molecule has 3 aliphatic heterocycles. The minimum atomic E-state index is -0.345. The smallest absolute Gasteiger partial charge is 0.265 e. The fourth-order valence-corrected chi connectivity index (χ4v) is 5.16. The van der Waals surface area contributed by atoms with Crippen LogP contribution in [0.5, 0.6) is 5.75 Å². The third-order valence-corrected chi connectivity index (χ3v) is 6.57. The number of amides is 1.